The second kappa shape index (κ2) is 11.9. The van der Waals surface area contributed by atoms with E-state index in [-0.39, 0.29) is 29.1 Å². The van der Waals surface area contributed by atoms with Crippen LogP contribution in [0.5, 0.6) is 5.88 Å². The van der Waals surface area contributed by atoms with E-state index in [1.807, 2.05) is 6.07 Å². The fourth-order valence-corrected chi connectivity index (χ4v) is 5.67. The third-order valence-electron chi connectivity index (χ3n) is 7.65. The van der Waals surface area contributed by atoms with E-state index in [9.17, 15) is 13.6 Å². The summed E-state index contributed by atoms with van der Waals surface area (Å²) in [6, 6.07) is 5.42. The van der Waals surface area contributed by atoms with E-state index in [4.69, 9.17) is 9.47 Å². The van der Waals surface area contributed by atoms with Gasteiger partial charge in [0.05, 0.1) is 25.9 Å². The van der Waals surface area contributed by atoms with Crippen molar-refractivity contribution in [2.45, 2.75) is 57.8 Å². The van der Waals surface area contributed by atoms with Crippen LogP contribution < -0.4 is 9.64 Å². The predicted octanol–water partition coefficient (Wildman–Crippen LogP) is 5.83. The number of aromatic nitrogens is 2. The summed E-state index contributed by atoms with van der Waals surface area (Å²) in [7, 11) is 1.38. The minimum absolute atomic E-state index is 0.0189. The Morgan fingerprint density at radius 2 is 1.86 bits per heavy atom. The van der Waals surface area contributed by atoms with Gasteiger partial charge >= 0.3 is 0 Å². The fourth-order valence-electron chi connectivity index (χ4n) is 5.67. The number of methoxy groups -OCH3 is 1. The van der Waals surface area contributed by atoms with E-state index < -0.39 is 6.43 Å². The van der Waals surface area contributed by atoms with Gasteiger partial charge in [-0.05, 0) is 67.2 Å². The summed E-state index contributed by atoms with van der Waals surface area (Å²) >= 11 is 0. The second-order valence-corrected chi connectivity index (χ2v) is 9.53. The van der Waals surface area contributed by atoms with Crippen molar-refractivity contribution in [2.75, 3.05) is 38.3 Å². The van der Waals surface area contributed by atoms with Gasteiger partial charge in [0.1, 0.15) is 5.82 Å². The van der Waals surface area contributed by atoms with Crippen LogP contribution in [0.2, 0.25) is 0 Å². The van der Waals surface area contributed by atoms with Gasteiger partial charge in [-0.15, -0.1) is 0 Å². The predicted molar refractivity (Wildman–Crippen MR) is 130 cm³/mol. The number of hydrogen-bond donors (Lipinski definition) is 0. The van der Waals surface area contributed by atoms with Crippen molar-refractivity contribution in [1.82, 2.24) is 9.97 Å². The molecule has 0 amide bonds. The lowest BCUT2D eigenvalue weighted by Gasteiger charge is -2.34. The molecule has 6 nitrogen and oxygen atoms in total. The Labute approximate surface area is 206 Å². The zero-order valence-corrected chi connectivity index (χ0v) is 20.6. The Morgan fingerprint density at radius 1 is 1.14 bits per heavy atom. The third kappa shape index (κ3) is 5.97. The van der Waals surface area contributed by atoms with Crippen LogP contribution >= 0.6 is 0 Å². The molecule has 8 heteroatoms. The summed E-state index contributed by atoms with van der Waals surface area (Å²) in [5.41, 5.74) is 1.29. The maximum atomic E-state index is 13.8. The van der Waals surface area contributed by atoms with Crippen LogP contribution in [-0.2, 0) is 4.74 Å². The average molecular weight is 488 g/mol. The molecule has 0 aromatic carbocycles. The number of carbonyl (C=O) groups is 1. The highest BCUT2D eigenvalue weighted by Crippen LogP contribution is 2.44. The molecule has 1 saturated heterocycles. The van der Waals surface area contributed by atoms with Crippen LogP contribution in [0.3, 0.4) is 0 Å². The number of rotatable bonds is 9. The molecule has 3 heterocycles. The Morgan fingerprint density at radius 3 is 2.51 bits per heavy atom. The number of ether oxygens (including phenoxy) is 2. The first-order valence-corrected chi connectivity index (χ1v) is 12.6. The SMILES string of the molecule is CC[C@@H](CC(=O)c1ccnc(N2CCOCC2)c1)C1CCC(c2ccnc(OC)c2C(F)F)CC1. The lowest BCUT2D eigenvalue weighted by Crippen LogP contribution is -2.36. The van der Waals surface area contributed by atoms with Gasteiger partial charge in [0.15, 0.2) is 5.78 Å². The van der Waals surface area contributed by atoms with Gasteiger partial charge in [0, 0.05) is 37.5 Å². The topological polar surface area (TPSA) is 64.6 Å². The Bertz CT molecular complexity index is 989. The molecule has 2 aliphatic rings. The number of nitrogens with zero attached hydrogens (tertiary/aromatic N) is 3. The van der Waals surface area contributed by atoms with Crippen molar-refractivity contribution in [3.05, 3.63) is 47.3 Å². The van der Waals surface area contributed by atoms with Gasteiger partial charge in [-0.1, -0.05) is 13.3 Å². The molecule has 4 rings (SSSR count). The first kappa shape index (κ1) is 25.5. The number of Topliss-reactive ketones (excluding diaryl/α,β-unsaturated/α-hetero) is 1. The standard InChI is InChI=1S/C27H35F2N3O3/c1-3-18(16-23(33)21-8-10-30-24(17-21)32-12-14-35-15-13-32)19-4-6-20(7-5-19)22-9-11-31-27(34-2)25(22)26(28)29/h8-11,17-20,26H,3-7,12-16H2,1-2H3/t18-,19?,20?/m0/s1. The van der Waals surface area contributed by atoms with Crippen LogP contribution in [0.25, 0.3) is 0 Å². The molecule has 2 aromatic rings. The van der Waals surface area contributed by atoms with Gasteiger partial charge in [-0.25, -0.2) is 18.7 Å². The lowest BCUT2D eigenvalue weighted by atomic mass is 9.71. The lowest BCUT2D eigenvalue weighted by molar-refractivity contribution is 0.0924. The second-order valence-electron chi connectivity index (χ2n) is 9.53. The Balaban J connectivity index is 1.39. The van der Waals surface area contributed by atoms with E-state index in [1.54, 1.807) is 24.5 Å². The third-order valence-corrected chi connectivity index (χ3v) is 7.65. The van der Waals surface area contributed by atoms with Crippen LogP contribution in [0.4, 0.5) is 14.6 Å². The van der Waals surface area contributed by atoms with Gasteiger partial charge < -0.3 is 14.4 Å². The van der Waals surface area contributed by atoms with E-state index in [2.05, 4.69) is 21.8 Å². The summed E-state index contributed by atoms with van der Waals surface area (Å²) in [6.07, 6.45) is 5.61. The Kier molecular flexibility index (Phi) is 8.65. The van der Waals surface area contributed by atoms with E-state index in [0.717, 1.165) is 51.0 Å². The number of ketones is 1. The van der Waals surface area contributed by atoms with E-state index >= 15 is 0 Å². The number of halogens is 2. The molecular formula is C27H35F2N3O3. The normalized spacial score (nSPS) is 21.7. The molecule has 0 radical (unpaired) electrons. The molecule has 0 N–H and O–H groups in total. The van der Waals surface area contributed by atoms with Crippen molar-refractivity contribution in [3.8, 4) is 5.88 Å². The first-order valence-electron chi connectivity index (χ1n) is 12.6. The zero-order chi connectivity index (χ0) is 24.8. The van der Waals surface area contributed by atoms with E-state index in [0.29, 0.717) is 36.7 Å². The fraction of sp³-hybridized carbons (Fsp3) is 0.593. The zero-order valence-electron chi connectivity index (χ0n) is 20.6. The van der Waals surface area contributed by atoms with Crippen LogP contribution in [-0.4, -0.2) is 49.2 Å². The molecule has 1 aliphatic heterocycles. The highest BCUT2D eigenvalue weighted by Gasteiger charge is 2.32. The minimum Gasteiger partial charge on any atom is -0.481 e. The minimum atomic E-state index is -2.62. The molecule has 2 fully saturated rings. The maximum Gasteiger partial charge on any atom is 0.269 e. The van der Waals surface area contributed by atoms with Gasteiger partial charge in [0.2, 0.25) is 5.88 Å². The van der Waals surface area contributed by atoms with Gasteiger partial charge in [-0.2, -0.15) is 0 Å². The molecule has 0 bridgehead atoms. The molecule has 190 valence electrons. The molecule has 0 spiro atoms. The largest absolute Gasteiger partial charge is 0.481 e. The number of anilines is 1. The molecule has 2 aromatic heterocycles. The van der Waals surface area contributed by atoms with Crippen LogP contribution in [0.15, 0.2) is 30.6 Å². The molecule has 1 atom stereocenters. The highest BCUT2D eigenvalue weighted by atomic mass is 19.3. The van der Waals surface area contributed by atoms with Crippen molar-refractivity contribution < 1.29 is 23.0 Å². The summed E-state index contributed by atoms with van der Waals surface area (Å²) in [5.74, 6) is 1.76. The van der Waals surface area contributed by atoms with Crippen LogP contribution in [0.1, 0.15) is 79.3 Å². The van der Waals surface area contributed by atoms with Crippen molar-refractivity contribution in [1.29, 1.82) is 0 Å². The average Bonchev–Trinajstić information content (AvgIpc) is 2.91. The molecular weight excluding hydrogens is 452 g/mol. The number of pyridine rings is 2. The highest BCUT2D eigenvalue weighted by molar-refractivity contribution is 5.96. The van der Waals surface area contributed by atoms with Crippen molar-refractivity contribution in [2.24, 2.45) is 11.8 Å². The number of carbonyl (C=O) groups excluding carboxylic acids is 1. The smallest absolute Gasteiger partial charge is 0.269 e. The van der Waals surface area contributed by atoms with Gasteiger partial charge in [-0.3, -0.25) is 4.79 Å². The van der Waals surface area contributed by atoms with Crippen molar-refractivity contribution >= 4 is 11.6 Å². The van der Waals surface area contributed by atoms with Crippen LogP contribution in [0, 0.1) is 11.8 Å². The quantitative estimate of drug-likeness (QED) is 0.415. The molecule has 1 saturated carbocycles. The summed E-state index contributed by atoms with van der Waals surface area (Å²) < 4.78 is 38.1. The monoisotopic (exact) mass is 487 g/mol. The van der Waals surface area contributed by atoms with E-state index in [1.165, 1.54) is 7.11 Å². The molecule has 1 aliphatic carbocycles. The number of hydrogen-bond acceptors (Lipinski definition) is 6. The number of morpholine rings is 1. The molecule has 0 unspecified atom stereocenters. The Hall–Kier alpha value is -2.61. The first-order chi connectivity index (χ1) is 17.0. The number of alkyl halides is 2. The summed E-state index contributed by atoms with van der Waals surface area (Å²) in [6.45, 7) is 5.04. The summed E-state index contributed by atoms with van der Waals surface area (Å²) in [4.78, 5) is 23.8. The van der Waals surface area contributed by atoms with Gasteiger partial charge in [0.25, 0.3) is 6.43 Å². The summed E-state index contributed by atoms with van der Waals surface area (Å²) in [5, 5.41) is 0. The molecule has 35 heavy (non-hydrogen) atoms. The van der Waals surface area contributed by atoms with Crippen molar-refractivity contribution in [3.63, 3.8) is 0 Å². The maximum absolute atomic E-state index is 13.8.